The summed E-state index contributed by atoms with van der Waals surface area (Å²) in [4.78, 5) is 35.4. The van der Waals surface area contributed by atoms with Gasteiger partial charge in [-0.15, -0.1) is 0 Å². The lowest BCUT2D eigenvalue weighted by Gasteiger charge is -2.23. The lowest BCUT2D eigenvalue weighted by Crippen LogP contribution is -2.40. The van der Waals surface area contributed by atoms with Crippen molar-refractivity contribution in [3.05, 3.63) is 29.8 Å². The third-order valence-corrected chi connectivity index (χ3v) is 4.41. The number of benzene rings is 1. The van der Waals surface area contributed by atoms with Gasteiger partial charge in [0, 0.05) is 5.69 Å². The van der Waals surface area contributed by atoms with E-state index in [1.165, 1.54) is 13.2 Å². The number of hydrogen-bond acceptors (Lipinski definition) is 5. The van der Waals surface area contributed by atoms with Gasteiger partial charge in [-0.3, -0.25) is 9.59 Å². The Morgan fingerprint density at radius 1 is 1.22 bits per heavy atom. The van der Waals surface area contributed by atoms with Gasteiger partial charge in [-0.1, -0.05) is 6.07 Å². The topological polar surface area (TPSA) is 102 Å². The fourth-order valence-electron chi connectivity index (χ4n) is 3.39. The molecule has 2 bridgehead atoms. The predicted octanol–water partition coefficient (Wildman–Crippen LogP) is 1.29. The predicted molar refractivity (Wildman–Crippen MR) is 78.9 cm³/mol. The van der Waals surface area contributed by atoms with Crippen molar-refractivity contribution in [2.24, 2.45) is 11.8 Å². The van der Waals surface area contributed by atoms with E-state index < -0.39 is 35.8 Å². The molecule has 2 aliphatic heterocycles. The summed E-state index contributed by atoms with van der Waals surface area (Å²) >= 11 is 0. The molecule has 2 fully saturated rings. The van der Waals surface area contributed by atoms with E-state index in [4.69, 9.17) is 4.74 Å². The van der Waals surface area contributed by atoms with E-state index in [9.17, 15) is 19.5 Å². The summed E-state index contributed by atoms with van der Waals surface area (Å²) < 4.78 is 10.2. The minimum Gasteiger partial charge on any atom is -0.481 e. The minimum atomic E-state index is -1.01. The molecular formula is C16H17NO6. The van der Waals surface area contributed by atoms with Crippen molar-refractivity contribution in [2.45, 2.75) is 25.0 Å². The van der Waals surface area contributed by atoms with E-state index in [0.717, 1.165) is 0 Å². The van der Waals surface area contributed by atoms with Crippen molar-refractivity contribution in [1.29, 1.82) is 0 Å². The Morgan fingerprint density at radius 3 is 2.57 bits per heavy atom. The van der Waals surface area contributed by atoms with Gasteiger partial charge in [0.2, 0.25) is 5.91 Å². The van der Waals surface area contributed by atoms with Crippen LogP contribution in [0.3, 0.4) is 0 Å². The van der Waals surface area contributed by atoms with Crippen molar-refractivity contribution in [1.82, 2.24) is 0 Å². The molecule has 0 radical (unpaired) electrons. The van der Waals surface area contributed by atoms with E-state index in [1.54, 1.807) is 18.2 Å². The van der Waals surface area contributed by atoms with E-state index in [-0.39, 0.29) is 6.10 Å². The van der Waals surface area contributed by atoms with E-state index in [1.807, 2.05) is 0 Å². The van der Waals surface area contributed by atoms with Crippen LogP contribution in [0, 0.1) is 11.8 Å². The zero-order valence-electron chi connectivity index (χ0n) is 12.5. The number of anilines is 1. The third-order valence-electron chi connectivity index (χ3n) is 4.41. The van der Waals surface area contributed by atoms with E-state index in [0.29, 0.717) is 24.1 Å². The van der Waals surface area contributed by atoms with E-state index in [2.05, 4.69) is 10.1 Å². The SMILES string of the molecule is COC(=O)c1cccc(NC(=O)[C@H]2[C@@H](C(=O)O)[C@H]3CC[C@H]2O3)c1. The summed E-state index contributed by atoms with van der Waals surface area (Å²) in [6.07, 6.45) is 0.609. The Bertz CT molecular complexity index is 658. The maximum absolute atomic E-state index is 12.5. The van der Waals surface area contributed by atoms with E-state index >= 15 is 0 Å². The van der Waals surface area contributed by atoms with Crippen LogP contribution in [-0.4, -0.2) is 42.3 Å². The highest BCUT2D eigenvalue weighted by Crippen LogP contribution is 2.44. The zero-order valence-corrected chi connectivity index (χ0v) is 12.5. The van der Waals surface area contributed by atoms with Crippen molar-refractivity contribution < 1.29 is 29.0 Å². The number of methoxy groups -OCH3 is 1. The number of carboxylic acid groups (broad SMARTS) is 1. The van der Waals surface area contributed by atoms with Crippen LogP contribution in [-0.2, 0) is 19.1 Å². The number of esters is 1. The molecule has 1 aromatic carbocycles. The molecule has 122 valence electrons. The molecule has 0 unspecified atom stereocenters. The molecule has 7 heteroatoms. The van der Waals surface area contributed by atoms with Gasteiger partial charge in [0.1, 0.15) is 0 Å². The van der Waals surface area contributed by atoms with Crippen molar-refractivity contribution in [3.63, 3.8) is 0 Å². The molecule has 4 atom stereocenters. The van der Waals surface area contributed by atoms with Crippen LogP contribution in [0.25, 0.3) is 0 Å². The van der Waals surface area contributed by atoms with Crippen LogP contribution >= 0.6 is 0 Å². The van der Waals surface area contributed by atoms with Gasteiger partial charge >= 0.3 is 11.9 Å². The molecule has 3 rings (SSSR count). The smallest absolute Gasteiger partial charge is 0.337 e. The summed E-state index contributed by atoms with van der Waals surface area (Å²) in [6, 6.07) is 6.32. The van der Waals surface area contributed by atoms with Gasteiger partial charge in [0.25, 0.3) is 0 Å². The van der Waals surface area contributed by atoms with Crippen LogP contribution in [0.5, 0.6) is 0 Å². The van der Waals surface area contributed by atoms with Crippen molar-refractivity contribution >= 4 is 23.5 Å². The Hall–Kier alpha value is -2.41. The van der Waals surface area contributed by atoms with Crippen LogP contribution in [0.1, 0.15) is 23.2 Å². The summed E-state index contributed by atoms with van der Waals surface area (Å²) in [5.41, 5.74) is 0.731. The van der Waals surface area contributed by atoms with Gasteiger partial charge < -0.3 is 19.9 Å². The number of amides is 1. The fourth-order valence-corrected chi connectivity index (χ4v) is 3.39. The monoisotopic (exact) mass is 319 g/mol. The lowest BCUT2D eigenvalue weighted by atomic mass is 9.78. The maximum atomic E-state index is 12.5. The highest BCUT2D eigenvalue weighted by atomic mass is 16.5. The van der Waals surface area contributed by atoms with Gasteiger partial charge in [-0.2, -0.15) is 0 Å². The van der Waals surface area contributed by atoms with Crippen LogP contribution < -0.4 is 5.32 Å². The zero-order chi connectivity index (χ0) is 16.6. The number of carbonyl (C=O) groups excluding carboxylic acids is 2. The molecule has 2 aliphatic rings. The lowest BCUT2D eigenvalue weighted by molar-refractivity contribution is -0.147. The normalized spacial score (nSPS) is 28.4. The molecule has 1 amide bonds. The number of nitrogens with one attached hydrogen (secondary N) is 1. The first-order chi connectivity index (χ1) is 11.0. The average Bonchev–Trinajstić information content (AvgIpc) is 3.15. The first kappa shape index (κ1) is 15.5. The van der Waals surface area contributed by atoms with Gasteiger partial charge in [-0.25, -0.2) is 4.79 Å². The molecule has 2 N–H and O–H groups in total. The number of ether oxygens (including phenoxy) is 2. The number of carbonyl (C=O) groups is 3. The van der Waals surface area contributed by atoms with Crippen LogP contribution in [0.4, 0.5) is 5.69 Å². The third kappa shape index (κ3) is 2.79. The second kappa shape index (κ2) is 6.00. The molecule has 7 nitrogen and oxygen atoms in total. The molecule has 23 heavy (non-hydrogen) atoms. The molecule has 0 aliphatic carbocycles. The number of hydrogen-bond donors (Lipinski definition) is 2. The van der Waals surface area contributed by atoms with Gasteiger partial charge in [-0.05, 0) is 31.0 Å². The second-order valence-corrected chi connectivity index (χ2v) is 5.74. The molecule has 0 aromatic heterocycles. The second-order valence-electron chi connectivity index (χ2n) is 5.74. The molecule has 1 aromatic rings. The fraction of sp³-hybridized carbons (Fsp3) is 0.438. The minimum absolute atomic E-state index is 0.310. The van der Waals surface area contributed by atoms with Gasteiger partial charge in [0.15, 0.2) is 0 Å². The standard InChI is InChI=1S/C16H17NO6/c1-22-16(21)8-3-2-4-9(7-8)17-14(18)12-10-5-6-11(23-10)13(12)15(19)20/h2-4,7,10-13H,5-6H2,1H3,(H,17,18)(H,19,20)/t10-,11-,12-,13+/m1/s1. The van der Waals surface area contributed by atoms with Crippen LogP contribution in [0.2, 0.25) is 0 Å². The molecular weight excluding hydrogens is 302 g/mol. The maximum Gasteiger partial charge on any atom is 0.337 e. The average molecular weight is 319 g/mol. The van der Waals surface area contributed by atoms with Gasteiger partial charge in [0.05, 0.1) is 36.7 Å². The largest absolute Gasteiger partial charge is 0.481 e. The summed E-state index contributed by atoms with van der Waals surface area (Å²) in [7, 11) is 1.28. The quantitative estimate of drug-likeness (QED) is 0.811. The molecule has 2 saturated heterocycles. The summed E-state index contributed by atoms with van der Waals surface area (Å²) in [5.74, 6) is -3.45. The molecule has 0 saturated carbocycles. The highest BCUT2D eigenvalue weighted by Gasteiger charge is 2.55. The van der Waals surface area contributed by atoms with Crippen molar-refractivity contribution in [3.8, 4) is 0 Å². The summed E-state index contributed by atoms with van der Waals surface area (Å²) in [6.45, 7) is 0. The first-order valence-electron chi connectivity index (χ1n) is 7.38. The number of aliphatic carboxylic acids is 1. The Balaban J connectivity index is 1.77. The number of fused-ring (bicyclic) bond motifs is 2. The van der Waals surface area contributed by atoms with Crippen LogP contribution in [0.15, 0.2) is 24.3 Å². The highest BCUT2D eigenvalue weighted by molar-refractivity contribution is 5.97. The first-order valence-corrected chi connectivity index (χ1v) is 7.38. The Morgan fingerprint density at radius 2 is 1.91 bits per heavy atom. The molecule has 2 heterocycles. The number of carboxylic acids is 1. The molecule has 0 spiro atoms. The summed E-state index contributed by atoms with van der Waals surface area (Å²) in [5, 5.41) is 12.0. The Labute approximate surface area is 132 Å². The Kier molecular flexibility index (Phi) is 4.04. The van der Waals surface area contributed by atoms with Crippen molar-refractivity contribution in [2.75, 3.05) is 12.4 Å². The number of rotatable bonds is 4.